The lowest BCUT2D eigenvalue weighted by molar-refractivity contribution is -0.116. The SMILES string of the molecule is CCCn1c(=O)n(CCC(=O)Nc2cc(Cl)ccc2OCC)c2ccccc21. The number of anilines is 1. The molecule has 0 aliphatic rings. The van der Waals surface area contributed by atoms with Crippen molar-refractivity contribution in [3.63, 3.8) is 0 Å². The van der Waals surface area contributed by atoms with E-state index in [4.69, 9.17) is 16.3 Å². The van der Waals surface area contributed by atoms with Gasteiger partial charge in [0, 0.05) is 24.5 Å². The third-order valence-electron chi connectivity index (χ3n) is 4.45. The molecule has 0 fully saturated rings. The average molecular weight is 402 g/mol. The van der Waals surface area contributed by atoms with Crippen molar-refractivity contribution in [2.75, 3.05) is 11.9 Å². The Kier molecular flexibility index (Phi) is 6.41. The van der Waals surface area contributed by atoms with Gasteiger partial charge >= 0.3 is 5.69 Å². The molecule has 6 nitrogen and oxygen atoms in total. The van der Waals surface area contributed by atoms with Crippen molar-refractivity contribution < 1.29 is 9.53 Å². The lowest BCUT2D eigenvalue weighted by atomic mass is 10.2. The first-order valence-corrected chi connectivity index (χ1v) is 9.83. The van der Waals surface area contributed by atoms with Crippen molar-refractivity contribution in [1.82, 2.24) is 9.13 Å². The van der Waals surface area contributed by atoms with Crippen LogP contribution in [0, 0.1) is 0 Å². The normalized spacial score (nSPS) is 11.0. The summed E-state index contributed by atoms with van der Waals surface area (Å²) in [6.45, 7) is 5.34. The Morgan fingerprint density at radius 3 is 2.39 bits per heavy atom. The fourth-order valence-corrected chi connectivity index (χ4v) is 3.41. The first kappa shape index (κ1) is 20.0. The number of amides is 1. The molecule has 148 valence electrons. The molecule has 0 unspecified atom stereocenters. The Morgan fingerprint density at radius 2 is 1.75 bits per heavy atom. The zero-order valence-electron chi connectivity index (χ0n) is 16.1. The number of rotatable bonds is 8. The molecule has 7 heteroatoms. The lowest BCUT2D eigenvalue weighted by Gasteiger charge is -2.12. The van der Waals surface area contributed by atoms with Gasteiger partial charge in [-0.15, -0.1) is 0 Å². The first-order valence-electron chi connectivity index (χ1n) is 9.45. The van der Waals surface area contributed by atoms with Gasteiger partial charge in [-0.2, -0.15) is 0 Å². The van der Waals surface area contributed by atoms with E-state index < -0.39 is 0 Å². The summed E-state index contributed by atoms with van der Waals surface area (Å²) in [4.78, 5) is 25.3. The Labute approximate surface area is 168 Å². The number of nitrogens with one attached hydrogen (secondary N) is 1. The van der Waals surface area contributed by atoms with Crippen molar-refractivity contribution >= 4 is 34.2 Å². The highest BCUT2D eigenvalue weighted by Crippen LogP contribution is 2.28. The lowest BCUT2D eigenvalue weighted by Crippen LogP contribution is -2.26. The smallest absolute Gasteiger partial charge is 0.329 e. The second-order valence-corrected chi connectivity index (χ2v) is 6.88. The number of hydrogen-bond donors (Lipinski definition) is 1. The van der Waals surface area contributed by atoms with E-state index in [0.717, 1.165) is 17.5 Å². The van der Waals surface area contributed by atoms with Crippen molar-refractivity contribution in [3.8, 4) is 5.75 Å². The molecule has 0 atom stereocenters. The van der Waals surface area contributed by atoms with Gasteiger partial charge < -0.3 is 10.1 Å². The first-order chi connectivity index (χ1) is 13.5. The minimum atomic E-state index is -0.206. The van der Waals surface area contributed by atoms with E-state index >= 15 is 0 Å². The molecule has 3 rings (SSSR count). The van der Waals surface area contributed by atoms with E-state index in [-0.39, 0.29) is 18.0 Å². The summed E-state index contributed by atoms with van der Waals surface area (Å²) in [5.74, 6) is 0.361. The second-order valence-electron chi connectivity index (χ2n) is 6.45. The molecule has 3 aromatic rings. The fourth-order valence-electron chi connectivity index (χ4n) is 3.24. The summed E-state index contributed by atoms with van der Waals surface area (Å²) >= 11 is 6.04. The zero-order chi connectivity index (χ0) is 20.1. The number of benzene rings is 2. The predicted molar refractivity (Wildman–Crippen MR) is 112 cm³/mol. The van der Waals surface area contributed by atoms with E-state index in [1.807, 2.05) is 38.1 Å². The fraction of sp³-hybridized carbons (Fsp3) is 0.333. The number of aryl methyl sites for hydroxylation is 2. The predicted octanol–water partition coefficient (Wildman–Crippen LogP) is 4.29. The van der Waals surface area contributed by atoms with Crippen molar-refractivity contribution in [2.24, 2.45) is 0 Å². The van der Waals surface area contributed by atoms with Gasteiger partial charge in [0.05, 0.1) is 23.3 Å². The molecule has 0 spiro atoms. The standard InChI is InChI=1S/C21H24ClN3O3/c1-3-12-24-17-7-5-6-8-18(17)25(21(24)27)13-11-20(26)23-16-14-15(22)9-10-19(16)28-4-2/h5-10,14H,3-4,11-13H2,1-2H3,(H,23,26). The molecular formula is C21H24ClN3O3. The number of aromatic nitrogens is 2. The highest BCUT2D eigenvalue weighted by Gasteiger charge is 2.14. The molecule has 2 aromatic carbocycles. The van der Waals surface area contributed by atoms with Gasteiger partial charge in [0.25, 0.3) is 0 Å². The van der Waals surface area contributed by atoms with E-state index in [0.29, 0.717) is 36.2 Å². The van der Waals surface area contributed by atoms with E-state index in [1.54, 1.807) is 27.3 Å². The minimum Gasteiger partial charge on any atom is -0.492 e. The number of carbonyl (C=O) groups is 1. The van der Waals surface area contributed by atoms with Crippen LogP contribution in [0.1, 0.15) is 26.7 Å². The molecule has 1 amide bonds. The molecule has 0 radical (unpaired) electrons. The maximum Gasteiger partial charge on any atom is 0.329 e. The largest absolute Gasteiger partial charge is 0.492 e. The van der Waals surface area contributed by atoms with Gasteiger partial charge in [-0.05, 0) is 43.7 Å². The number of carbonyl (C=O) groups excluding carboxylic acids is 1. The van der Waals surface area contributed by atoms with Crippen LogP contribution in [-0.2, 0) is 17.9 Å². The van der Waals surface area contributed by atoms with Crippen LogP contribution in [0.5, 0.6) is 5.75 Å². The van der Waals surface area contributed by atoms with Gasteiger partial charge in [-0.25, -0.2) is 4.79 Å². The van der Waals surface area contributed by atoms with Crippen LogP contribution in [0.4, 0.5) is 5.69 Å². The molecule has 0 aliphatic heterocycles. The van der Waals surface area contributed by atoms with Gasteiger partial charge in [-0.1, -0.05) is 30.7 Å². The van der Waals surface area contributed by atoms with E-state index in [1.165, 1.54) is 0 Å². The molecule has 0 bridgehead atoms. The van der Waals surface area contributed by atoms with Crippen LogP contribution in [0.3, 0.4) is 0 Å². The molecule has 28 heavy (non-hydrogen) atoms. The van der Waals surface area contributed by atoms with Gasteiger partial charge in [0.2, 0.25) is 5.91 Å². The topological polar surface area (TPSA) is 65.3 Å². The Bertz CT molecular complexity index is 1040. The number of halogens is 1. The van der Waals surface area contributed by atoms with Crippen LogP contribution in [-0.4, -0.2) is 21.6 Å². The Hall–Kier alpha value is -2.73. The second kappa shape index (κ2) is 8.97. The number of fused-ring (bicyclic) bond motifs is 1. The maximum atomic E-state index is 12.8. The molecule has 0 aliphatic carbocycles. The Balaban J connectivity index is 1.78. The Morgan fingerprint density at radius 1 is 1.07 bits per heavy atom. The molecule has 1 aromatic heterocycles. The summed E-state index contributed by atoms with van der Waals surface area (Å²) in [6.07, 6.45) is 1.03. The molecule has 1 N–H and O–H groups in total. The van der Waals surface area contributed by atoms with Gasteiger partial charge in [0.1, 0.15) is 5.75 Å². The van der Waals surface area contributed by atoms with Crippen LogP contribution in [0.25, 0.3) is 11.0 Å². The summed E-state index contributed by atoms with van der Waals surface area (Å²) in [6, 6.07) is 12.8. The third kappa shape index (κ3) is 4.22. The number of imidazole rings is 1. The van der Waals surface area contributed by atoms with E-state index in [2.05, 4.69) is 5.32 Å². The van der Waals surface area contributed by atoms with Crippen LogP contribution in [0.15, 0.2) is 47.3 Å². The number of nitrogens with zero attached hydrogens (tertiary/aromatic N) is 2. The summed E-state index contributed by atoms with van der Waals surface area (Å²) in [7, 11) is 0. The van der Waals surface area contributed by atoms with Crippen molar-refractivity contribution in [2.45, 2.75) is 39.8 Å². The highest BCUT2D eigenvalue weighted by atomic mass is 35.5. The minimum absolute atomic E-state index is 0.0892. The number of ether oxygens (including phenoxy) is 1. The maximum absolute atomic E-state index is 12.8. The number of hydrogen-bond acceptors (Lipinski definition) is 3. The molecule has 0 saturated heterocycles. The zero-order valence-corrected chi connectivity index (χ0v) is 16.8. The quantitative estimate of drug-likeness (QED) is 0.612. The molecule has 1 heterocycles. The molecule has 0 saturated carbocycles. The van der Waals surface area contributed by atoms with Gasteiger partial charge in [-0.3, -0.25) is 13.9 Å². The third-order valence-corrected chi connectivity index (χ3v) is 4.69. The number of para-hydroxylation sites is 2. The average Bonchev–Trinajstić information content (AvgIpc) is 2.94. The molecular weight excluding hydrogens is 378 g/mol. The van der Waals surface area contributed by atoms with Crippen LogP contribution >= 0.6 is 11.6 Å². The van der Waals surface area contributed by atoms with E-state index in [9.17, 15) is 9.59 Å². The summed E-state index contributed by atoms with van der Waals surface area (Å²) in [5.41, 5.74) is 2.17. The monoisotopic (exact) mass is 401 g/mol. The van der Waals surface area contributed by atoms with Gasteiger partial charge in [0.15, 0.2) is 0 Å². The van der Waals surface area contributed by atoms with Crippen LogP contribution < -0.4 is 15.7 Å². The van der Waals surface area contributed by atoms with Crippen LogP contribution in [0.2, 0.25) is 5.02 Å². The summed E-state index contributed by atoms with van der Waals surface area (Å²) in [5, 5.41) is 3.35. The summed E-state index contributed by atoms with van der Waals surface area (Å²) < 4.78 is 8.95. The highest BCUT2D eigenvalue weighted by molar-refractivity contribution is 6.31. The van der Waals surface area contributed by atoms with Crippen molar-refractivity contribution in [3.05, 3.63) is 58.0 Å². The van der Waals surface area contributed by atoms with Crippen molar-refractivity contribution in [1.29, 1.82) is 0 Å².